The van der Waals surface area contributed by atoms with Crippen molar-refractivity contribution in [2.75, 3.05) is 13.6 Å². The Morgan fingerprint density at radius 2 is 2.10 bits per heavy atom. The van der Waals surface area contributed by atoms with E-state index in [-0.39, 0.29) is 6.54 Å². The molecule has 4 nitrogen and oxygen atoms in total. The van der Waals surface area contributed by atoms with Gasteiger partial charge in [-0.3, -0.25) is 4.90 Å². The average molecular weight is 287 g/mol. The molecule has 0 aliphatic carbocycles. The highest BCUT2D eigenvalue weighted by atomic mass is 19.4. The fourth-order valence-corrected chi connectivity index (χ4v) is 2.07. The van der Waals surface area contributed by atoms with E-state index in [1.165, 1.54) is 11.9 Å². The zero-order valence-electron chi connectivity index (χ0n) is 11.2. The number of likely N-dealkylation sites (N-methyl/N-ethyl adjacent to an activating group) is 1. The number of rotatable bonds is 4. The Kier molecular flexibility index (Phi) is 4.01. The predicted octanol–water partition coefficient (Wildman–Crippen LogP) is 2.00. The van der Waals surface area contributed by atoms with Crippen molar-refractivity contribution in [3.05, 3.63) is 35.8 Å². The highest BCUT2D eigenvalue weighted by Gasteiger charge is 2.38. The van der Waals surface area contributed by atoms with Crippen molar-refractivity contribution in [2.24, 2.45) is 0 Å². The van der Waals surface area contributed by atoms with Gasteiger partial charge in [0.1, 0.15) is 5.65 Å². The van der Waals surface area contributed by atoms with Crippen LogP contribution in [0.1, 0.15) is 11.4 Å². The van der Waals surface area contributed by atoms with Gasteiger partial charge in [-0.25, -0.2) is 4.98 Å². The number of aliphatic hydroxyl groups excluding tert-OH is 1. The van der Waals surface area contributed by atoms with Crippen molar-refractivity contribution < 1.29 is 18.3 Å². The smallest absolute Gasteiger partial charge is 0.382 e. The number of aryl methyl sites for hydroxylation is 1. The summed E-state index contributed by atoms with van der Waals surface area (Å²) in [4.78, 5) is 5.78. The summed E-state index contributed by atoms with van der Waals surface area (Å²) in [7, 11) is 1.54. The maximum atomic E-state index is 12.3. The average Bonchev–Trinajstić information content (AvgIpc) is 2.65. The first-order valence-electron chi connectivity index (χ1n) is 6.15. The first kappa shape index (κ1) is 14.8. The zero-order valence-corrected chi connectivity index (χ0v) is 11.2. The maximum absolute atomic E-state index is 12.3. The molecule has 2 aromatic heterocycles. The lowest BCUT2D eigenvalue weighted by atomic mass is 10.3. The number of hydrogen-bond acceptors (Lipinski definition) is 3. The van der Waals surface area contributed by atoms with E-state index in [0.717, 1.165) is 17.0 Å². The maximum Gasteiger partial charge on any atom is 0.415 e. The number of halogens is 3. The summed E-state index contributed by atoms with van der Waals surface area (Å²) in [5.74, 6) is 0. The van der Waals surface area contributed by atoms with Crippen LogP contribution in [0.2, 0.25) is 0 Å². The molecule has 1 N–H and O–H groups in total. The zero-order chi connectivity index (χ0) is 14.9. The van der Waals surface area contributed by atoms with E-state index < -0.39 is 18.8 Å². The summed E-state index contributed by atoms with van der Waals surface area (Å²) in [6.07, 6.45) is -5.12. The summed E-state index contributed by atoms with van der Waals surface area (Å²) in [6, 6.07) is 5.52. The van der Waals surface area contributed by atoms with E-state index in [0.29, 0.717) is 0 Å². The van der Waals surface area contributed by atoms with Crippen molar-refractivity contribution in [1.29, 1.82) is 0 Å². The van der Waals surface area contributed by atoms with E-state index in [1.807, 2.05) is 35.7 Å². The minimum absolute atomic E-state index is 0.282. The molecular formula is C13H16F3N3O. The number of fused-ring (bicyclic) bond motifs is 1. The van der Waals surface area contributed by atoms with Crippen molar-refractivity contribution in [3.8, 4) is 0 Å². The van der Waals surface area contributed by atoms with E-state index in [2.05, 4.69) is 4.98 Å². The molecule has 0 saturated heterocycles. The van der Waals surface area contributed by atoms with Gasteiger partial charge in [-0.15, -0.1) is 0 Å². The number of imidazole rings is 1. The molecule has 20 heavy (non-hydrogen) atoms. The Hall–Kier alpha value is -1.60. The summed E-state index contributed by atoms with van der Waals surface area (Å²) in [5.41, 5.74) is 2.34. The van der Waals surface area contributed by atoms with E-state index in [9.17, 15) is 13.2 Å². The molecule has 0 aliphatic rings. The molecule has 7 heteroatoms. The number of hydrogen-bond donors (Lipinski definition) is 1. The molecule has 1 unspecified atom stereocenters. The number of aromatic nitrogens is 2. The number of pyridine rings is 1. The SMILES string of the molecule is Cc1nc2ccccn2c1CN(C)CC(O)C(F)(F)F. The van der Waals surface area contributed by atoms with Crippen LogP contribution in [-0.2, 0) is 6.54 Å². The van der Waals surface area contributed by atoms with E-state index in [4.69, 9.17) is 5.11 Å². The second kappa shape index (κ2) is 5.41. The van der Waals surface area contributed by atoms with Gasteiger partial charge in [-0.05, 0) is 26.1 Å². The monoisotopic (exact) mass is 287 g/mol. The molecule has 0 amide bonds. The molecule has 0 radical (unpaired) electrons. The lowest BCUT2D eigenvalue weighted by molar-refractivity contribution is -0.207. The predicted molar refractivity (Wildman–Crippen MR) is 68.3 cm³/mol. The van der Waals surface area contributed by atoms with Gasteiger partial charge in [0.05, 0.1) is 11.4 Å². The van der Waals surface area contributed by atoms with Crippen LogP contribution in [0.5, 0.6) is 0 Å². The molecule has 0 bridgehead atoms. The molecule has 1 atom stereocenters. The number of nitrogens with zero attached hydrogens (tertiary/aromatic N) is 3. The second-order valence-corrected chi connectivity index (χ2v) is 4.83. The van der Waals surface area contributed by atoms with Gasteiger partial charge in [0.15, 0.2) is 6.10 Å². The summed E-state index contributed by atoms with van der Waals surface area (Å²) in [5, 5.41) is 9.08. The quantitative estimate of drug-likeness (QED) is 0.935. The molecule has 2 heterocycles. The number of aliphatic hydroxyl groups is 1. The Bertz CT molecular complexity index is 594. The fourth-order valence-electron chi connectivity index (χ4n) is 2.07. The molecule has 0 spiro atoms. The molecule has 0 aliphatic heterocycles. The van der Waals surface area contributed by atoms with Crippen LogP contribution in [-0.4, -0.2) is 45.3 Å². The van der Waals surface area contributed by atoms with Crippen LogP contribution in [0.25, 0.3) is 5.65 Å². The first-order valence-corrected chi connectivity index (χ1v) is 6.15. The van der Waals surface area contributed by atoms with Crippen LogP contribution in [0.4, 0.5) is 13.2 Å². The van der Waals surface area contributed by atoms with Crippen LogP contribution in [0.3, 0.4) is 0 Å². The summed E-state index contributed by atoms with van der Waals surface area (Å²) >= 11 is 0. The summed E-state index contributed by atoms with van der Waals surface area (Å²) < 4.78 is 38.8. The standard InChI is InChI=1S/C13H16F3N3O/c1-9-10(19-6-4-3-5-12(19)17-9)7-18(2)8-11(20)13(14,15)16/h3-6,11,20H,7-8H2,1-2H3. The lowest BCUT2D eigenvalue weighted by Gasteiger charge is -2.22. The fraction of sp³-hybridized carbons (Fsp3) is 0.462. The molecule has 0 saturated carbocycles. The van der Waals surface area contributed by atoms with Gasteiger partial charge in [0.2, 0.25) is 0 Å². The highest BCUT2D eigenvalue weighted by Crippen LogP contribution is 2.21. The first-order chi connectivity index (χ1) is 9.29. The second-order valence-electron chi connectivity index (χ2n) is 4.83. The molecular weight excluding hydrogens is 271 g/mol. The molecule has 2 rings (SSSR count). The van der Waals surface area contributed by atoms with E-state index in [1.54, 1.807) is 0 Å². The molecule has 0 fully saturated rings. The van der Waals surface area contributed by atoms with Crippen LogP contribution in [0.15, 0.2) is 24.4 Å². The van der Waals surface area contributed by atoms with Gasteiger partial charge >= 0.3 is 6.18 Å². The van der Waals surface area contributed by atoms with Gasteiger partial charge in [0.25, 0.3) is 0 Å². The summed E-state index contributed by atoms with van der Waals surface area (Å²) in [6.45, 7) is 1.63. The minimum Gasteiger partial charge on any atom is -0.382 e. The van der Waals surface area contributed by atoms with Crippen LogP contribution in [0, 0.1) is 6.92 Å². The Balaban J connectivity index is 2.14. The largest absolute Gasteiger partial charge is 0.415 e. The van der Waals surface area contributed by atoms with Gasteiger partial charge in [-0.2, -0.15) is 13.2 Å². The minimum atomic E-state index is -4.59. The lowest BCUT2D eigenvalue weighted by Crippen LogP contribution is -2.39. The molecule has 110 valence electrons. The van der Waals surface area contributed by atoms with Crippen LogP contribution < -0.4 is 0 Å². The van der Waals surface area contributed by atoms with Crippen molar-refractivity contribution in [2.45, 2.75) is 25.7 Å². The third kappa shape index (κ3) is 3.10. The van der Waals surface area contributed by atoms with Gasteiger partial charge < -0.3 is 9.51 Å². The van der Waals surface area contributed by atoms with Crippen molar-refractivity contribution >= 4 is 5.65 Å². The topological polar surface area (TPSA) is 40.8 Å². The normalized spacial score (nSPS) is 14.2. The third-order valence-electron chi connectivity index (χ3n) is 3.11. The van der Waals surface area contributed by atoms with Gasteiger partial charge in [0, 0.05) is 19.3 Å². The van der Waals surface area contributed by atoms with Crippen molar-refractivity contribution in [3.63, 3.8) is 0 Å². The van der Waals surface area contributed by atoms with Crippen LogP contribution >= 0.6 is 0 Å². The van der Waals surface area contributed by atoms with E-state index >= 15 is 0 Å². The highest BCUT2D eigenvalue weighted by molar-refractivity contribution is 5.42. The Labute approximate surface area is 114 Å². The molecule has 0 aromatic carbocycles. The Morgan fingerprint density at radius 3 is 2.75 bits per heavy atom. The third-order valence-corrected chi connectivity index (χ3v) is 3.11. The van der Waals surface area contributed by atoms with Gasteiger partial charge in [-0.1, -0.05) is 6.07 Å². The Morgan fingerprint density at radius 1 is 1.40 bits per heavy atom. The molecule has 2 aromatic rings. The van der Waals surface area contributed by atoms with Crippen molar-refractivity contribution in [1.82, 2.24) is 14.3 Å². The number of alkyl halides is 3.